The summed E-state index contributed by atoms with van der Waals surface area (Å²) in [5, 5.41) is 14.4. The summed E-state index contributed by atoms with van der Waals surface area (Å²) in [7, 11) is 0. The second kappa shape index (κ2) is 8.81. The van der Waals surface area contributed by atoms with Crippen molar-refractivity contribution in [2.24, 2.45) is 0 Å². The van der Waals surface area contributed by atoms with Gasteiger partial charge in [-0.05, 0) is 50.5 Å². The molecule has 3 rings (SSSR count). The normalized spacial score (nSPS) is 12.1. The monoisotopic (exact) mass is 385 g/mol. The average molecular weight is 385 g/mol. The molecule has 2 N–H and O–H groups in total. The molecular formula is C18H23N7OS. The van der Waals surface area contributed by atoms with Gasteiger partial charge in [-0.15, -0.1) is 10.2 Å². The smallest absolute Gasteiger partial charge is 0.242 e. The summed E-state index contributed by atoms with van der Waals surface area (Å²) in [5.41, 5.74) is 2.48. The minimum atomic E-state index is -0.419. The van der Waals surface area contributed by atoms with E-state index in [-0.39, 0.29) is 5.91 Å². The van der Waals surface area contributed by atoms with E-state index in [1.165, 1.54) is 0 Å². The lowest BCUT2D eigenvalue weighted by Gasteiger charge is -2.18. The van der Waals surface area contributed by atoms with Crippen LogP contribution in [0.2, 0.25) is 0 Å². The molecule has 3 heterocycles. The Labute approximate surface area is 162 Å². The predicted octanol–water partition coefficient (Wildman–Crippen LogP) is 1.99. The molecule has 1 atom stereocenters. The fraction of sp³-hybridized carbons (Fsp3) is 0.389. The molecule has 0 saturated carbocycles. The van der Waals surface area contributed by atoms with Crippen molar-refractivity contribution in [1.82, 2.24) is 29.9 Å². The SMILES string of the molecule is CSCCC(Nc1nc(C)cc(C)n1)C(=O)NCc1nnc2ccccn12. The standard InChI is InChI=1S/C18H23N7OS/c1-12-10-13(2)21-18(20-12)22-14(7-9-27-3)17(26)19-11-16-24-23-15-6-4-5-8-25(15)16/h4-6,8,10,14H,7,9,11H2,1-3H3,(H,19,26)(H,20,21,22). The molecule has 0 radical (unpaired) electrons. The Morgan fingerprint density at radius 2 is 2.00 bits per heavy atom. The quantitative estimate of drug-likeness (QED) is 0.612. The van der Waals surface area contributed by atoms with E-state index in [0.717, 1.165) is 22.8 Å². The van der Waals surface area contributed by atoms with Gasteiger partial charge in [-0.1, -0.05) is 6.07 Å². The van der Waals surface area contributed by atoms with Gasteiger partial charge in [-0.2, -0.15) is 11.8 Å². The van der Waals surface area contributed by atoms with Gasteiger partial charge in [0.25, 0.3) is 0 Å². The summed E-state index contributed by atoms with van der Waals surface area (Å²) in [6.45, 7) is 4.12. The molecule has 0 aliphatic carbocycles. The van der Waals surface area contributed by atoms with E-state index >= 15 is 0 Å². The lowest BCUT2D eigenvalue weighted by atomic mass is 10.2. The first kappa shape index (κ1) is 19.1. The van der Waals surface area contributed by atoms with Crippen LogP contribution in [-0.4, -0.2) is 48.5 Å². The van der Waals surface area contributed by atoms with E-state index in [9.17, 15) is 4.79 Å². The largest absolute Gasteiger partial charge is 0.347 e. The Bertz CT molecular complexity index is 907. The number of fused-ring (bicyclic) bond motifs is 1. The third-order valence-electron chi connectivity index (χ3n) is 4.02. The molecule has 0 spiro atoms. The number of nitrogens with one attached hydrogen (secondary N) is 2. The molecule has 8 nitrogen and oxygen atoms in total. The number of nitrogens with zero attached hydrogens (tertiary/aromatic N) is 5. The first-order chi connectivity index (χ1) is 13.1. The van der Waals surface area contributed by atoms with E-state index in [4.69, 9.17) is 0 Å². The van der Waals surface area contributed by atoms with Gasteiger partial charge in [-0.25, -0.2) is 9.97 Å². The second-order valence-electron chi connectivity index (χ2n) is 6.22. The number of hydrogen-bond donors (Lipinski definition) is 2. The van der Waals surface area contributed by atoms with E-state index in [0.29, 0.717) is 24.7 Å². The molecule has 0 aliphatic heterocycles. The minimum absolute atomic E-state index is 0.112. The number of thioether (sulfide) groups is 1. The zero-order chi connectivity index (χ0) is 19.2. The van der Waals surface area contributed by atoms with Crippen LogP contribution in [0.3, 0.4) is 0 Å². The van der Waals surface area contributed by atoms with Crippen LogP contribution in [0, 0.1) is 13.8 Å². The Morgan fingerprint density at radius 3 is 2.74 bits per heavy atom. The molecule has 0 aromatic carbocycles. The fourth-order valence-corrected chi connectivity index (χ4v) is 3.22. The Morgan fingerprint density at radius 1 is 1.22 bits per heavy atom. The summed E-state index contributed by atoms with van der Waals surface area (Å²) in [5.74, 6) is 1.90. The highest BCUT2D eigenvalue weighted by Crippen LogP contribution is 2.10. The van der Waals surface area contributed by atoms with Crippen molar-refractivity contribution in [3.8, 4) is 0 Å². The minimum Gasteiger partial charge on any atom is -0.347 e. The number of amides is 1. The highest BCUT2D eigenvalue weighted by atomic mass is 32.2. The molecule has 1 unspecified atom stereocenters. The number of carbonyl (C=O) groups is 1. The number of hydrogen-bond acceptors (Lipinski definition) is 7. The third kappa shape index (κ3) is 4.94. The molecule has 1 amide bonds. The number of rotatable bonds is 8. The van der Waals surface area contributed by atoms with Crippen LogP contribution in [0.15, 0.2) is 30.5 Å². The van der Waals surface area contributed by atoms with Crippen molar-refractivity contribution in [2.75, 3.05) is 17.3 Å². The van der Waals surface area contributed by atoms with Crippen LogP contribution in [0.4, 0.5) is 5.95 Å². The lowest BCUT2D eigenvalue weighted by Crippen LogP contribution is -2.40. The van der Waals surface area contributed by atoms with Crippen LogP contribution in [-0.2, 0) is 11.3 Å². The van der Waals surface area contributed by atoms with Gasteiger partial charge in [-0.3, -0.25) is 9.20 Å². The van der Waals surface area contributed by atoms with E-state index in [2.05, 4.69) is 30.8 Å². The van der Waals surface area contributed by atoms with Crippen molar-refractivity contribution in [3.05, 3.63) is 47.7 Å². The maximum absolute atomic E-state index is 12.8. The summed E-state index contributed by atoms with van der Waals surface area (Å²) >= 11 is 1.69. The number of pyridine rings is 1. The zero-order valence-corrected chi connectivity index (χ0v) is 16.5. The zero-order valence-electron chi connectivity index (χ0n) is 15.6. The maximum Gasteiger partial charge on any atom is 0.242 e. The molecule has 0 saturated heterocycles. The van der Waals surface area contributed by atoms with E-state index in [1.54, 1.807) is 11.8 Å². The highest BCUT2D eigenvalue weighted by Gasteiger charge is 2.20. The molecular weight excluding hydrogens is 362 g/mol. The fourth-order valence-electron chi connectivity index (χ4n) is 2.75. The van der Waals surface area contributed by atoms with E-state index in [1.807, 2.05) is 55.0 Å². The van der Waals surface area contributed by atoms with Gasteiger partial charge in [0.15, 0.2) is 11.5 Å². The van der Waals surface area contributed by atoms with E-state index < -0.39 is 6.04 Å². The summed E-state index contributed by atoms with van der Waals surface area (Å²) in [6.07, 6.45) is 4.57. The first-order valence-electron chi connectivity index (χ1n) is 8.71. The maximum atomic E-state index is 12.8. The van der Waals surface area contributed by atoms with Gasteiger partial charge in [0.05, 0.1) is 6.54 Å². The summed E-state index contributed by atoms with van der Waals surface area (Å²) in [4.78, 5) is 21.5. The average Bonchev–Trinajstić information content (AvgIpc) is 3.05. The Kier molecular flexibility index (Phi) is 6.23. The molecule has 0 aliphatic rings. The second-order valence-corrected chi connectivity index (χ2v) is 7.20. The topological polar surface area (TPSA) is 97.1 Å². The van der Waals surface area contributed by atoms with Crippen LogP contribution in [0.5, 0.6) is 0 Å². The molecule has 3 aromatic heterocycles. The lowest BCUT2D eigenvalue weighted by molar-refractivity contribution is -0.122. The highest BCUT2D eigenvalue weighted by molar-refractivity contribution is 7.98. The van der Waals surface area contributed by atoms with Crippen molar-refractivity contribution in [2.45, 2.75) is 32.9 Å². The van der Waals surface area contributed by atoms with Crippen molar-refractivity contribution < 1.29 is 4.79 Å². The number of carbonyl (C=O) groups excluding carboxylic acids is 1. The van der Waals surface area contributed by atoms with Gasteiger partial charge in [0.1, 0.15) is 6.04 Å². The van der Waals surface area contributed by atoms with Crippen LogP contribution < -0.4 is 10.6 Å². The molecule has 9 heteroatoms. The van der Waals surface area contributed by atoms with Crippen molar-refractivity contribution in [3.63, 3.8) is 0 Å². The molecule has 142 valence electrons. The van der Waals surface area contributed by atoms with Gasteiger partial charge < -0.3 is 10.6 Å². The van der Waals surface area contributed by atoms with Crippen molar-refractivity contribution >= 4 is 29.3 Å². The molecule has 3 aromatic rings. The molecule has 27 heavy (non-hydrogen) atoms. The van der Waals surface area contributed by atoms with Crippen LogP contribution >= 0.6 is 11.8 Å². The summed E-state index contributed by atoms with van der Waals surface area (Å²) < 4.78 is 1.86. The van der Waals surface area contributed by atoms with Crippen LogP contribution in [0.25, 0.3) is 5.65 Å². The number of aryl methyl sites for hydroxylation is 2. The van der Waals surface area contributed by atoms with Gasteiger partial charge >= 0.3 is 0 Å². The Hall–Kier alpha value is -2.68. The van der Waals surface area contributed by atoms with Gasteiger partial charge in [0, 0.05) is 17.6 Å². The number of anilines is 1. The summed E-state index contributed by atoms with van der Waals surface area (Å²) in [6, 6.07) is 7.16. The third-order valence-corrected chi connectivity index (χ3v) is 4.66. The van der Waals surface area contributed by atoms with Gasteiger partial charge in [0.2, 0.25) is 11.9 Å². The Balaban J connectivity index is 1.69. The number of aromatic nitrogens is 5. The van der Waals surface area contributed by atoms with Crippen molar-refractivity contribution in [1.29, 1.82) is 0 Å². The van der Waals surface area contributed by atoms with Crippen LogP contribution in [0.1, 0.15) is 23.6 Å². The predicted molar refractivity (Wildman–Crippen MR) is 107 cm³/mol. The molecule has 0 bridgehead atoms. The first-order valence-corrected chi connectivity index (χ1v) is 10.1. The molecule has 0 fully saturated rings.